The van der Waals surface area contributed by atoms with E-state index in [0.29, 0.717) is 11.8 Å². The number of phenolic OH excluding ortho intramolecular Hbond substituents is 1. The molecule has 0 bridgehead atoms. The van der Waals surface area contributed by atoms with Gasteiger partial charge in [-0.15, -0.1) is 0 Å². The number of methoxy groups -OCH3 is 1. The zero-order valence-corrected chi connectivity index (χ0v) is 11.0. The fourth-order valence-electron chi connectivity index (χ4n) is 2.39. The lowest BCUT2D eigenvalue weighted by Crippen LogP contribution is -2.32. The molecule has 1 aromatic carbocycles. The van der Waals surface area contributed by atoms with Gasteiger partial charge in [0.2, 0.25) is 0 Å². The van der Waals surface area contributed by atoms with E-state index in [0.717, 1.165) is 30.6 Å². The fourth-order valence-corrected chi connectivity index (χ4v) is 2.39. The van der Waals surface area contributed by atoms with Crippen molar-refractivity contribution < 1.29 is 9.84 Å². The molecule has 0 spiro atoms. The molecule has 3 heteroatoms. The predicted octanol–water partition coefficient (Wildman–Crippen LogP) is 3.16. The SMILES string of the molecule is COc1ccc(O)c(C(C)NC2CC=CCC2)c1. The molecule has 0 amide bonds. The summed E-state index contributed by atoms with van der Waals surface area (Å²) in [4.78, 5) is 0. The molecule has 18 heavy (non-hydrogen) atoms. The Morgan fingerprint density at radius 1 is 1.39 bits per heavy atom. The molecule has 0 saturated heterocycles. The van der Waals surface area contributed by atoms with Crippen LogP contribution in [0.2, 0.25) is 0 Å². The van der Waals surface area contributed by atoms with Gasteiger partial charge < -0.3 is 15.2 Å². The molecule has 0 fully saturated rings. The van der Waals surface area contributed by atoms with Crippen LogP contribution in [-0.2, 0) is 0 Å². The summed E-state index contributed by atoms with van der Waals surface area (Å²) in [6.07, 6.45) is 7.81. The number of rotatable bonds is 4. The first kappa shape index (κ1) is 13.0. The van der Waals surface area contributed by atoms with E-state index in [1.165, 1.54) is 0 Å². The number of aromatic hydroxyl groups is 1. The van der Waals surface area contributed by atoms with E-state index < -0.39 is 0 Å². The van der Waals surface area contributed by atoms with Gasteiger partial charge in [-0.05, 0) is 44.4 Å². The molecule has 0 aliphatic heterocycles. The molecule has 2 rings (SSSR count). The van der Waals surface area contributed by atoms with Crippen LogP contribution in [0.4, 0.5) is 0 Å². The van der Waals surface area contributed by atoms with Gasteiger partial charge in [0, 0.05) is 17.6 Å². The highest BCUT2D eigenvalue weighted by Crippen LogP contribution is 2.29. The van der Waals surface area contributed by atoms with Gasteiger partial charge in [0.05, 0.1) is 7.11 Å². The van der Waals surface area contributed by atoms with Crippen LogP contribution in [0.3, 0.4) is 0 Å². The monoisotopic (exact) mass is 247 g/mol. The molecule has 0 radical (unpaired) electrons. The van der Waals surface area contributed by atoms with Gasteiger partial charge in [-0.3, -0.25) is 0 Å². The number of ether oxygens (including phenoxy) is 1. The van der Waals surface area contributed by atoms with Gasteiger partial charge in [0.15, 0.2) is 0 Å². The summed E-state index contributed by atoms with van der Waals surface area (Å²) in [7, 11) is 1.64. The Hall–Kier alpha value is -1.48. The molecular formula is C15H21NO2. The van der Waals surface area contributed by atoms with Gasteiger partial charge in [-0.1, -0.05) is 12.2 Å². The lowest BCUT2D eigenvalue weighted by atomic mass is 9.99. The van der Waals surface area contributed by atoms with Crippen molar-refractivity contribution in [1.82, 2.24) is 5.32 Å². The summed E-state index contributed by atoms with van der Waals surface area (Å²) in [5.74, 6) is 1.10. The molecule has 0 heterocycles. The Morgan fingerprint density at radius 3 is 2.89 bits per heavy atom. The highest BCUT2D eigenvalue weighted by Gasteiger charge is 2.16. The van der Waals surface area contributed by atoms with Gasteiger partial charge in [0.25, 0.3) is 0 Å². The van der Waals surface area contributed by atoms with Gasteiger partial charge in [-0.2, -0.15) is 0 Å². The van der Waals surface area contributed by atoms with E-state index in [2.05, 4.69) is 24.4 Å². The summed E-state index contributed by atoms with van der Waals surface area (Å²) in [6.45, 7) is 2.08. The molecule has 2 unspecified atom stereocenters. The van der Waals surface area contributed by atoms with Crippen LogP contribution < -0.4 is 10.1 Å². The maximum Gasteiger partial charge on any atom is 0.120 e. The second-order valence-corrected chi connectivity index (χ2v) is 4.79. The predicted molar refractivity (Wildman–Crippen MR) is 73.0 cm³/mol. The summed E-state index contributed by atoms with van der Waals surface area (Å²) >= 11 is 0. The van der Waals surface area contributed by atoms with Gasteiger partial charge in [-0.25, -0.2) is 0 Å². The van der Waals surface area contributed by atoms with E-state index in [-0.39, 0.29) is 6.04 Å². The minimum absolute atomic E-state index is 0.122. The average Bonchev–Trinajstić information content (AvgIpc) is 2.40. The first-order valence-electron chi connectivity index (χ1n) is 6.48. The van der Waals surface area contributed by atoms with Crippen LogP contribution in [0.25, 0.3) is 0 Å². The minimum Gasteiger partial charge on any atom is -0.508 e. The molecule has 1 aliphatic carbocycles. The molecule has 2 atom stereocenters. The summed E-state index contributed by atoms with van der Waals surface area (Å²) < 4.78 is 5.20. The van der Waals surface area contributed by atoms with Gasteiger partial charge >= 0.3 is 0 Å². The van der Waals surface area contributed by atoms with Crippen LogP contribution in [0, 0.1) is 0 Å². The third-order valence-corrected chi connectivity index (χ3v) is 3.46. The highest BCUT2D eigenvalue weighted by molar-refractivity contribution is 5.41. The molecule has 3 nitrogen and oxygen atoms in total. The third-order valence-electron chi connectivity index (χ3n) is 3.46. The zero-order valence-electron chi connectivity index (χ0n) is 11.0. The van der Waals surface area contributed by atoms with Crippen molar-refractivity contribution in [3.05, 3.63) is 35.9 Å². The quantitative estimate of drug-likeness (QED) is 0.803. The Bertz CT molecular complexity index is 429. The van der Waals surface area contributed by atoms with E-state index in [4.69, 9.17) is 4.74 Å². The molecule has 0 saturated carbocycles. The third kappa shape index (κ3) is 3.05. The van der Waals surface area contributed by atoms with Crippen molar-refractivity contribution >= 4 is 0 Å². The van der Waals surface area contributed by atoms with Crippen LogP contribution in [0.15, 0.2) is 30.4 Å². The molecular weight excluding hydrogens is 226 g/mol. The first-order valence-corrected chi connectivity index (χ1v) is 6.48. The lowest BCUT2D eigenvalue weighted by molar-refractivity contribution is 0.394. The van der Waals surface area contributed by atoms with Crippen LogP contribution in [-0.4, -0.2) is 18.3 Å². The van der Waals surface area contributed by atoms with E-state index in [1.807, 2.05) is 6.07 Å². The Labute approximate surface area is 108 Å². The number of allylic oxidation sites excluding steroid dienone is 1. The average molecular weight is 247 g/mol. The van der Waals surface area contributed by atoms with Gasteiger partial charge in [0.1, 0.15) is 11.5 Å². The van der Waals surface area contributed by atoms with Crippen molar-refractivity contribution in [2.45, 2.75) is 38.3 Å². The van der Waals surface area contributed by atoms with Crippen LogP contribution in [0.1, 0.15) is 37.8 Å². The minimum atomic E-state index is 0.122. The first-order chi connectivity index (χ1) is 8.70. The Kier molecular flexibility index (Phi) is 4.26. The number of nitrogens with one attached hydrogen (secondary N) is 1. The zero-order chi connectivity index (χ0) is 13.0. The lowest BCUT2D eigenvalue weighted by Gasteiger charge is -2.25. The molecule has 0 aromatic heterocycles. The summed E-state index contributed by atoms with van der Waals surface area (Å²) in [5.41, 5.74) is 0.893. The molecule has 1 aliphatic rings. The number of hydrogen-bond acceptors (Lipinski definition) is 3. The number of phenols is 1. The summed E-state index contributed by atoms with van der Waals surface area (Å²) in [6, 6.07) is 5.97. The van der Waals surface area contributed by atoms with Crippen LogP contribution >= 0.6 is 0 Å². The highest BCUT2D eigenvalue weighted by atomic mass is 16.5. The standard InChI is InChI=1S/C15H21NO2/c1-11(16-12-6-4-3-5-7-12)14-10-13(18-2)8-9-15(14)17/h3-4,8-12,16-17H,5-7H2,1-2H3. The maximum atomic E-state index is 9.92. The molecule has 1 aromatic rings. The van der Waals surface area contributed by atoms with Crippen molar-refractivity contribution in [2.24, 2.45) is 0 Å². The summed E-state index contributed by atoms with van der Waals surface area (Å²) in [5, 5.41) is 13.5. The van der Waals surface area contributed by atoms with Crippen molar-refractivity contribution in [1.29, 1.82) is 0 Å². The number of benzene rings is 1. The fraction of sp³-hybridized carbons (Fsp3) is 0.467. The Balaban J connectivity index is 2.07. The van der Waals surface area contributed by atoms with E-state index in [1.54, 1.807) is 19.2 Å². The normalized spacial score (nSPS) is 20.7. The largest absolute Gasteiger partial charge is 0.508 e. The topological polar surface area (TPSA) is 41.5 Å². The van der Waals surface area contributed by atoms with Crippen molar-refractivity contribution in [3.8, 4) is 11.5 Å². The van der Waals surface area contributed by atoms with E-state index >= 15 is 0 Å². The molecule has 98 valence electrons. The second-order valence-electron chi connectivity index (χ2n) is 4.79. The molecule has 2 N–H and O–H groups in total. The van der Waals surface area contributed by atoms with Crippen molar-refractivity contribution in [2.75, 3.05) is 7.11 Å². The smallest absolute Gasteiger partial charge is 0.120 e. The van der Waals surface area contributed by atoms with Crippen molar-refractivity contribution in [3.63, 3.8) is 0 Å². The second kappa shape index (κ2) is 5.91. The maximum absolute atomic E-state index is 9.92. The number of hydrogen-bond donors (Lipinski definition) is 2. The Morgan fingerprint density at radius 2 is 2.22 bits per heavy atom. The van der Waals surface area contributed by atoms with Crippen LogP contribution in [0.5, 0.6) is 11.5 Å². The van der Waals surface area contributed by atoms with E-state index in [9.17, 15) is 5.11 Å².